The van der Waals surface area contributed by atoms with Crippen molar-refractivity contribution in [2.24, 2.45) is 5.14 Å². The van der Waals surface area contributed by atoms with Crippen LogP contribution in [0.4, 0.5) is 18.9 Å². The van der Waals surface area contributed by atoms with Gasteiger partial charge in [-0.25, -0.2) is 4.68 Å². The zero-order chi connectivity index (χ0) is 22.8. The molecule has 3 aromatic rings. The average molecular weight is 468 g/mol. The van der Waals surface area contributed by atoms with Crippen LogP contribution in [0, 0.1) is 11.3 Å². The number of hydrogen-bond acceptors (Lipinski definition) is 5. The number of nitrogens with zero attached hydrogens (tertiary/aromatic N) is 3. The second-order valence-corrected chi connectivity index (χ2v) is 7.70. The number of halogens is 4. The third-order valence-corrected chi connectivity index (χ3v) is 5.30. The predicted octanol–water partition coefficient (Wildman–Crippen LogP) is 3.58. The van der Waals surface area contributed by atoms with E-state index in [0.717, 1.165) is 12.1 Å². The lowest BCUT2D eigenvalue weighted by Gasteiger charge is -2.15. The zero-order valence-corrected chi connectivity index (χ0v) is 17.1. The highest BCUT2D eigenvalue weighted by atomic mass is 35.5. The first kappa shape index (κ1) is 22.6. The van der Waals surface area contributed by atoms with Crippen molar-refractivity contribution in [2.45, 2.75) is 17.5 Å². The summed E-state index contributed by atoms with van der Waals surface area (Å²) >= 11 is 3.90. The molecule has 1 amide bonds. The Morgan fingerprint density at radius 2 is 2.10 bits per heavy atom. The molecule has 0 saturated carbocycles. The van der Waals surface area contributed by atoms with Crippen molar-refractivity contribution in [2.75, 3.05) is 5.32 Å². The molecule has 0 aliphatic carbocycles. The SMILES string of the molecule is N#Cc1cnn(-c2ccc(NC(=O)Cc3c(Cl)cccc3C(F)(F)F)cc2[S+](N)[O-])c1. The summed E-state index contributed by atoms with van der Waals surface area (Å²) in [5.41, 5.74) is -0.608. The Bertz CT molecular complexity index is 1170. The van der Waals surface area contributed by atoms with Crippen molar-refractivity contribution in [1.82, 2.24) is 9.78 Å². The molecule has 3 rings (SSSR count). The van der Waals surface area contributed by atoms with Crippen LogP contribution >= 0.6 is 11.6 Å². The van der Waals surface area contributed by atoms with Gasteiger partial charge in [0.1, 0.15) is 11.8 Å². The zero-order valence-electron chi connectivity index (χ0n) is 15.5. The molecule has 0 aliphatic rings. The fourth-order valence-corrected chi connectivity index (χ4v) is 3.68. The van der Waals surface area contributed by atoms with Gasteiger partial charge in [0.05, 0.1) is 35.1 Å². The second kappa shape index (κ2) is 8.99. The summed E-state index contributed by atoms with van der Waals surface area (Å²) in [6, 6.07) is 9.39. The Kier molecular flexibility index (Phi) is 6.56. The van der Waals surface area contributed by atoms with Crippen molar-refractivity contribution in [3.8, 4) is 11.8 Å². The van der Waals surface area contributed by atoms with E-state index in [-0.39, 0.29) is 26.7 Å². The number of nitriles is 1. The lowest BCUT2D eigenvalue weighted by molar-refractivity contribution is -0.138. The van der Waals surface area contributed by atoms with E-state index in [4.69, 9.17) is 22.0 Å². The van der Waals surface area contributed by atoms with Gasteiger partial charge in [-0.05, 0) is 29.8 Å². The van der Waals surface area contributed by atoms with Crippen molar-refractivity contribution in [3.63, 3.8) is 0 Å². The molecule has 3 N–H and O–H groups in total. The summed E-state index contributed by atoms with van der Waals surface area (Å²) in [5.74, 6) is -0.758. The monoisotopic (exact) mass is 467 g/mol. The maximum atomic E-state index is 13.2. The number of rotatable bonds is 5. The molecule has 2 aromatic carbocycles. The molecule has 0 aliphatic heterocycles. The van der Waals surface area contributed by atoms with Crippen molar-refractivity contribution in [1.29, 1.82) is 5.26 Å². The van der Waals surface area contributed by atoms with Crippen molar-refractivity contribution >= 4 is 34.6 Å². The number of aromatic nitrogens is 2. The first-order valence-corrected chi connectivity index (χ1v) is 10.1. The summed E-state index contributed by atoms with van der Waals surface area (Å²) in [5, 5.41) is 20.7. The smallest absolute Gasteiger partial charge is 0.416 e. The minimum absolute atomic E-state index is 0.0964. The van der Waals surface area contributed by atoms with Crippen LogP contribution in [0.15, 0.2) is 53.7 Å². The van der Waals surface area contributed by atoms with Gasteiger partial charge in [-0.2, -0.15) is 23.5 Å². The van der Waals surface area contributed by atoms with Crippen LogP contribution in [0.3, 0.4) is 0 Å². The predicted molar refractivity (Wildman–Crippen MR) is 108 cm³/mol. The standard InChI is InChI=1S/C19H13ClF3N5O2S/c20-15-3-1-2-14(19(21,22)23)13(15)7-18(29)27-12-4-5-16(17(6-12)31(25)30)28-10-11(8-24)9-26-28/h1-6,9-10H,7,25H2,(H,27,29). The lowest BCUT2D eigenvalue weighted by atomic mass is 10.0. The van der Waals surface area contributed by atoms with Crippen LogP contribution in [-0.4, -0.2) is 20.2 Å². The normalized spacial score (nSPS) is 12.3. The van der Waals surface area contributed by atoms with Gasteiger partial charge in [0.15, 0.2) is 0 Å². The van der Waals surface area contributed by atoms with Crippen LogP contribution in [0.2, 0.25) is 5.02 Å². The summed E-state index contributed by atoms with van der Waals surface area (Å²) in [7, 11) is 0. The topological polar surface area (TPSA) is 120 Å². The Morgan fingerprint density at radius 1 is 1.35 bits per heavy atom. The van der Waals surface area contributed by atoms with E-state index in [9.17, 15) is 22.5 Å². The maximum absolute atomic E-state index is 13.2. The summed E-state index contributed by atoms with van der Waals surface area (Å²) in [6.07, 6.45) is -2.58. The van der Waals surface area contributed by atoms with Gasteiger partial charge in [0.25, 0.3) is 0 Å². The molecule has 1 atom stereocenters. The molecule has 12 heteroatoms. The number of carbonyl (C=O) groups excluding carboxylic acids is 1. The van der Waals surface area contributed by atoms with Gasteiger partial charge >= 0.3 is 6.18 Å². The number of hydrogen-bond donors (Lipinski definition) is 2. The fourth-order valence-electron chi connectivity index (χ4n) is 2.82. The maximum Gasteiger partial charge on any atom is 0.416 e. The quantitative estimate of drug-likeness (QED) is 0.556. The van der Waals surface area contributed by atoms with Gasteiger partial charge in [-0.3, -0.25) is 4.79 Å². The van der Waals surface area contributed by atoms with E-state index in [1.807, 2.05) is 6.07 Å². The fraction of sp³-hybridized carbons (Fsp3) is 0.105. The molecule has 1 aromatic heterocycles. The van der Waals surface area contributed by atoms with Crippen LogP contribution in [0.1, 0.15) is 16.7 Å². The molecule has 0 radical (unpaired) electrons. The summed E-state index contributed by atoms with van der Waals surface area (Å²) in [6.45, 7) is 0. The average Bonchev–Trinajstić information content (AvgIpc) is 3.17. The number of anilines is 1. The third-order valence-electron chi connectivity index (χ3n) is 4.18. The number of benzene rings is 2. The van der Waals surface area contributed by atoms with Crippen LogP contribution < -0.4 is 10.5 Å². The number of alkyl halides is 3. The highest BCUT2D eigenvalue weighted by Gasteiger charge is 2.34. The third kappa shape index (κ3) is 5.18. The molecule has 0 saturated heterocycles. The van der Waals surface area contributed by atoms with Gasteiger partial charge in [0.2, 0.25) is 10.8 Å². The Hall–Kier alpha value is -3.04. The molecular formula is C19H13ClF3N5O2S. The molecular weight excluding hydrogens is 455 g/mol. The highest BCUT2D eigenvalue weighted by Crippen LogP contribution is 2.35. The summed E-state index contributed by atoms with van der Waals surface area (Å²) in [4.78, 5) is 12.5. The molecule has 0 fully saturated rings. The number of nitrogens with one attached hydrogen (secondary N) is 1. The highest BCUT2D eigenvalue weighted by molar-refractivity contribution is 7.89. The molecule has 1 unspecified atom stereocenters. The first-order valence-electron chi connectivity index (χ1n) is 8.50. The van der Waals surface area contributed by atoms with Crippen molar-refractivity contribution < 1.29 is 22.5 Å². The van der Waals surface area contributed by atoms with E-state index >= 15 is 0 Å². The first-order chi connectivity index (χ1) is 14.6. The Balaban J connectivity index is 1.86. The second-order valence-electron chi connectivity index (χ2n) is 6.25. The lowest BCUT2D eigenvalue weighted by Crippen LogP contribution is -2.20. The van der Waals surface area contributed by atoms with E-state index in [2.05, 4.69) is 10.4 Å². The summed E-state index contributed by atoms with van der Waals surface area (Å²) < 4.78 is 52.9. The van der Waals surface area contributed by atoms with E-state index in [1.165, 1.54) is 41.3 Å². The molecule has 160 valence electrons. The number of amides is 1. The largest absolute Gasteiger partial charge is 0.593 e. The minimum Gasteiger partial charge on any atom is -0.593 e. The minimum atomic E-state index is -4.67. The van der Waals surface area contributed by atoms with Crippen LogP contribution in [0.25, 0.3) is 5.69 Å². The molecule has 0 spiro atoms. The van der Waals surface area contributed by atoms with Gasteiger partial charge in [0, 0.05) is 23.0 Å². The molecule has 0 bridgehead atoms. The molecule has 1 heterocycles. The van der Waals surface area contributed by atoms with Crippen molar-refractivity contribution in [3.05, 3.63) is 70.5 Å². The Morgan fingerprint density at radius 3 is 2.71 bits per heavy atom. The Labute approximate surface area is 182 Å². The van der Waals surface area contributed by atoms with Crippen LogP contribution in [-0.2, 0) is 28.8 Å². The van der Waals surface area contributed by atoms with Gasteiger partial charge < -0.3 is 9.87 Å². The number of nitrogens with two attached hydrogens (primary N) is 1. The molecule has 31 heavy (non-hydrogen) atoms. The van der Waals surface area contributed by atoms with E-state index < -0.39 is 35.4 Å². The molecule has 7 nitrogen and oxygen atoms in total. The van der Waals surface area contributed by atoms with Gasteiger partial charge in [-0.15, -0.1) is 5.14 Å². The van der Waals surface area contributed by atoms with Gasteiger partial charge in [-0.1, -0.05) is 17.7 Å². The van der Waals surface area contributed by atoms with E-state index in [1.54, 1.807) is 0 Å². The van der Waals surface area contributed by atoms with Crippen LogP contribution in [0.5, 0.6) is 0 Å². The number of carbonyl (C=O) groups is 1. The van der Waals surface area contributed by atoms with E-state index in [0.29, 0.717) is 5.69 Å².